The molecule has 0 aromatic heterocycles. The third kappa shape index (κ3) is 1.70. The smallest absolute Gasteiger partial charge is 0.178 e. The van der Waals surface area contributed by atoms with Crippen LogP contribution in [0.2, 0.25) is 0 Å². The molecule has 0 heterocycles. The number of aryl methyl sites for hydroxylation is 1. The third-order valence-electron chi connectivity index (χ3n) is 3.44. The van der Waals surface area contributed by atoms with Gasteiger partial charge in [0.1, 0.15) is 11.7 Å². The van der Waals surface area contributed by atoms with E-state index < -0.39 is 11.7 Å². The van der Waals surface area contributed by atoms with Crippen LogP contribution in [0.25, 0.3) is 0 Å². The van der Waals surface area contributed by atoms with Crippen LogP contribution in [-0.4, -0.2) is 11.6 Å². The highest BCUT2D eigenvalue weighted by Gasteiger charge is 2.40. The molecule has 0 N–H and O–H groups in total. The quantitative estimate of drug-likeness (QED) is 0.732. The molecular weight excluding hydrogens is 243 g/mol. The van der Waals surface area contributed by atoms with Crippen molar-refractivity contribution in [1.82, 2.24) is 0 Å². The summed E-state index contributed by atoms with van der Waals surface area (Å²) >= 11 is 0. The second-order valence-corrected chi connectivity index (χ2v) is 4.73. The van der Waals surface area contributed by atoms with Crippen LogP contribution < -0.4 is 0 Å². The first-order chi connectivity index (χ1) is 9.09. The standard InChI is InChI=1S/C16H11FO2/c1-9-6-7-13(17)12(8-9)14-15(18)10-4-2-3-5-11(10)16(14)19/h2-8,14H,1H3. The molecule has 2 nitrogen and oxygen atoms in total. The van der Waals surface area contributed by atoms with E-state index in [9.17, 15) is 14.0 Å². The molecule has 0 unspecified atom stereocenters. The normalized spacial score (nSPS) is 14.8. The van der Waals surface area contributed by atoms with Gasteiger partial charge in [0.15, 0.2) is 11.6 Å². The Morgan fingerprint density at radius 2 is 1.53 bits per heavy atom. The second-order valence-electron chi connectivity index (χ2n) is 4.73. The monoisotopic (exact) mass is 254 g/mol. The van der Waals surface area contributed by atoms with Crippen LogP contribution in [0.1, 0.15) is 37.8 Å². The average molecular weight is 254 g/mol. The van der Waals surface area contributed by atoms with Gasteiger partial charge >= 0.3 is 0 Å². The lowest BCUT2D eigenvalue weighted by molar-refractivity contribution is 0.0888. The van der Waals surface area contributed by atoms with Crippen molar-refractivity contribution in [3.63, 3.8) is 0 Å². The molecule has 0 spiro atoms. The summed E-state index contributed by atoms with van der Waals surface area (Å²) in [6.45, 7) is 1.81. The highest BCUT2D eigenvalue weighted by Crippen LogP contribution is 2.35. The zero-order valence-corrected chi connectivity index (χ0v) is 10.3. The van der Waals surface area contributed by atoms with Crippen molar-refractivity contribution in [3.05, 3.63) is 70.5 Å². The first-order valence-electron chi connectivity index (χ1n) is 6.03. The van der Waals surface area contributed by atoms with E-state index in [0.29, 0.717) is 11.1 Å². The Hall–Kier alpha value is -2.29. The summed E-state index contributed by atoms with van der Waals surface area (Å²) in [5.41, 5.74) is 1.77. The molecule has 0 amide bonds. The summed E-state index contributed by atoms with van der Waals surface area (Å²) in [4.78, 5) is 24.6. The fraction of sp³-hybridized carbons (Fsp3) is 0.125. The van der Waals surface area contributed by atoms with Crippen LogP contribution in [0.4, 0.5) is 4.39 Å². The zero-order valence-electron chi connectivity index (χ0n) is 10.3. The molecule has 94 valence electrons. The molecule has 3 heteroatoms. The number of benzene rings is 2. The van der Waals surface area contributed by atoms with E-state index in [-0.39, 0.29) is 17.1 Å². The van der Waals surface area contributed by atoms with Crippen LogP contribution in [0, 0.1) is 12.7 Å². The highest BCUT2D eigenvalue weighted by molar-refractivity contribution is 6.29. The molecule has 0 radical (unpaired) electrons. The molecule has 19 heavy (non-hydrogen) atoms. The number of ketones is 2. The Bertz CT molecular complexity index is 669. The number of fused-ring (bicyclic) bond motifs is 1. The van der Waals surface area contributed by atoms with Gasteiger partial charge in [-0.25, -0.2) is 4.39 Å². The van der Waals surface area contributed by atoms with Crippen LogP contribution in [0.5, 0.6) is 0 Å². The first-order valence-corrected chi connectivity index (χ1v) is 6.03. The lowest BCUT2D eigenvalue weighted by atomic mass is 9.92. The number of hydrogen-bond acceptors (Lipinski definition) is 2. The zero-order chi connectivity index (χ0) is 13.6. The predicted molar refractivity (Wildman–Crippen MR) is 69.0 cm³/mol. The van der Waals surface area contributed by atoms with Gasteiger partial charge in [0, 0.05) is 16.7 Å². The second kappa shape index (κ2) is 4.12. The van der Waals surface area contributed by atoms with Gasteiger partial charge in [0.2, 0.25) is 0 Å². The van der Waals surface area contributed by atoms with E-state index in [4.69, 9.17) is 0 Å². The molecule has 0 saturated carbocycles. The van der Waals surface area contributed by atoms with Crippen molar-refractivity contribution in [3.8, 4) is 0 Å². The fourth-order valence-electron chi connectivity index (χ4n) is 2.51. The largest absolute Gasteiger partial charge is 0.293 e. The van der Waals surface area contributed by atoms with E-state index >= 15 is 0 Å². The van der Waals surface area contributed by atoms with Gasteiger partial charge in [-0.3, -0.25) is 9.59 Å². The van der Waals surface area contributed by atoms with E-state index in [1.165, 1.54) is 6.07 Å². The molecule has 2 aromatic rings. The van der Waals surface area contributed by atoms with Gasteiger partial charge in [0.05, 0.1) is 0 Å². The Labute approximate surface area is 109 Å². The fourth-order valence-corrected chi connectivity index (χ4v) is 2.51. The van der Waals surface area contributed by atoms with Gasteiger partial charge in [-0.05, 0) is 13.0 Å². The lowest BCUT2D eigenvalue weighted by Gasteiger charge is -2.09. The van der Waals surface area contributed by atoms with Gasteiger partial charge in [-0.15, -0.1) is 0 Å². The summed E-state index contributed by atoms with van der Waals surface area (Å²) in [5.74, 6) is -2.17. The van der Waals surface area contributed by atoms with Gasteiger partial charge in [-0.1, -0.05) is 42.0 Å². The molecule has 0 bridgehead atoms. The minimum absolute atomic E-state index is 0.172. The molecule has 0 aliphatic heterocycles. The molecule has 1 aliphatic rings. The predicted octanol–water partition coefficient (Wildman–Crippen LogP) is 3.30. The Balaban J connectivity index is 2.17. The van der Waals surface area contributed by atoms with Crippen LogP contribution in [0.15, 0.2) is 42.5 Å². The van der Waals surface area contributed by atoms with Crippen LogP contribution in [0.3, 0.4) is 0 Å². The number of carbonyl (C=O) groups is 2. The van der Waals surface area contributed by atoms with Crippen LogP contribution in [-0.2, 0) is 0 Å². The lowest BCUT2D eigenvalue weighted by Crippen LogP contribution is -2.14. The number of rotatable bonds is 1. The van der Waals surface area contributed by atoms with E-state index in [0.717, 1.165) is 5.56 Å². The van der Waals surface area contributed by atoms with Gasteiger partial charge < -0.3 is 0 Å². The molecule has 0 atom stereocenters. The average Bonchev–Trinajstić information content (AvgIpc) is 2.66. The number of hydrogen-bond donors (Lipinski definition) is 0. The Kier molecular flexibility index (Phi) is 2.56. The van der Waals surface area contributed by atoms with Crippen molar-refractivity contribution >= 4 is 11.6 Å². The summed E-state index contributed by atoms with van der Waals surface area (Å²) in [7, 11) is 0. The van der Waals surface area contributed by atoms with E-state index in [1.807, 2.05) is 0 Å². The van der Waals surface area contributed by atoms with Gasteiger partial charge in [0.25, 0.3) is 0 Å². The minimum Gasteiger partial charge on any atom is -0.293 e. The maximum Gasteiger partial charge on any atom is 0.178 e. The molecule has 2 aromatic carbocycles. The highest BCUT2D eigenvalue weighted by atomic mass is 19.1. The van der Waals surface area contributed by atoms with Crippen molar-refractivity contribution in [1.29, 1.82) is 0 Å². The Morgan fingerprint density at radius 1 is 0.947 bits per heavy atom. The van der Waals surface area contributed by atoms with E-state index in [2.05, 4.69) is 0 Å². The van der Waals surface area contributed by atoms with Crippen molar-refractivity contribution < 1.29 is 14.0 Å². The van der Waals surface area contributed by atoms with Crippen molar-refractivity contribution in [2.24, 2.45) is 0 Å². The number of carbonyl (C=O) groups excluding carboxylic acids is 2. The van der Waals surface area contributed by atoms with Crippen molar-refractivity contribution in [2.75, 3.05) is 0 Å². The maximum atomic E-state index is 13.9. The topological polar surface area (TPSA) is 34.1 Å². The van der Waals surface area contributed by atoms with Crippen molar-refractivity contribution in [2.45, 2.75) is 12.8 Å². The summed E-state index contributed by atoms with van der Waals surface area (Å²) in [5, 5.41) is 0. The number of halogens is 1. The Morgan fingerprint density at radius 3 is 2.11 bits per heavy atom. The third-order valence-corrected chi connectivity index (χ3v) is 3.44. The first kappa shape index (κ1) is 11.8. The molecule has 3 rings (SSSR count). The molecular formula is C16H11FO2. The molecule has 1 aliphatic carbocycles. The molecule has 0 saturated heterocycles. The maximum absolute atomic E-state index is 13.9. The minimum atomic E-state index is -1.03. The molecule has 0 fully saturated rings. The SMILES string of the molecule is Cc1ccc(F)c(C2C(=O)c3ccccc3C2=O)c1. The van der Waals surface area contributed by atoms with Crippen LogP contribution >= 0.6 is 0 Å². The van der Waals surface area contributed by atoms with E-state index in [1.54, 1.807) is 43.3 Å². The summed E-state index contributed by atoms with van der Waals surface area (Å²) in [6.07, 6.45) is 0. The summed E-state index contributed by atoms with van der Waals surface area (Å²) < 4.78 is 13.9. The summed E-state index contributed by atoms with van der Waals surface area (Å²) in [6, 6.07) is 11.1. The number of Topliss-reactive ketones (excluding diaryl/α,β-unsaturated/α-hetero) is 2. The van der Waals surface area contributed by atoms with Gasteiger partial charge in [-0.2, -0.15) is 0 Å².